The van der Waals surface area contributed by atoms with Gasteiger partial charge < -0.3 is 5.32 Å². The van der Waals surface area contributed by atoms with Crippen LogP contribution in [-0.2, 0) is 0 Å². The quantitative estimate of drug-likeness (QED) is 0.858. The smallest absolute Gasteiger partial charge is 0.123 e. The van der Waals surface area contributed by atoms with Crippen molar-refractivity contribution in [3.8, 4) is 0 Å². The van der Waals surface area contributed by atoms with Crippen molar-refractivity contribution in [1.29, 1.82) is 0 Å². The van der Waals surface area contributed by atoms with Crippen LogP contribution in [0.1, 0.15) is 32.0 Å². The fourth-order valence-corrected chi connectivity index (χ4v) is 3.00. The summed E-state index contributed by atoms with van der Waals surface area (Å²) in [6.07, 6.45) is 11.5. The number of hydrogen-bond donors (Lipinski definition) is 2. The molecule has 2 unspecified atom stereocenters. The summed E-state index contributed by atoms with van der Waals surface area (Å²) in [6.45, 7) is 4.22. The molecule has 2 atom stereocenters. The van der Waals surface area contributed by atoms with Gasteiger partial charge in [0.25, 0.3) is 0 Å². The van der Waals surface area contributed by atoms with Crippen LogP contribution in [-0.4, -0.2) is 6.04 Å². The first kappa shape index (κ1) is 14.8. The molecule has 1 saturated heterocycles. The largest absolute Gasteiger partial charge is 0.369 e. The molecule has 3 rings (SSSR count). The van der Waals surface area contributed by atoms with Gasteiger partial charge in [-0.15, -0.1) is 0 Å². The molecule has 3 heteroatoms. The van der Waals surface area contributed by atoms with E-state index in [4.69, 9.17) is 0 Å². The molecule has 1 aromatic rings. The topological polar surface area (TPSA) is 24.1 Å². The fourth-order valence-electron chi connectivity index (χ4n) is 3.00. The second kappa shape index (κ2) is 6.32. The number of nitrogens with one attached hydrogen (secondary N) is 2. The third-order valence-electron chi connectivity index (χ3n) is 4.14. The van der Waals surface area contributed by atoms with E-state index >= 15 is 0 Å². The monoisotopic (exact) mass is 296 g/mol. The second-order valence-electron chi connectivity index (χ2n) is 5.73. The number of halogens is 1. The summed E-state index contributed by atoms with van der Waals surface area (Å²) in [4.78, 5) is 0. The maximum Gasteiger partial charge on any atom is 0.123 e. The lowest BCUT2D eigenvalue weighted by atomic mass is 9.98. The molecule has 1 aliphatic carbocycles. The number of hydrogen-bond acceptors (Lipinski definition) is 2. The number of rotatable bonds is 2. The maximum atomic E-state index is 13.1. The Bertz CT molecular complexity index is 665. The Balaban J connectivity index is 1.96. The van der Waals surface area contributed by atoms with Gasteiger partial charge in [-0.05, 0) is 48.8 Å². The number of allylic oxidation sites excluding steroid dienone is 7. The molecule has 0 amide bonds. The van der Waals surface area contributed by atoms with E-state index in [0.29, 0.717) is 0 Å². The van der Waals surface area contributed by atoms with Crippen molar-refractivity contribution in [2.24, 2.45) is 0 Å². The van der Waals surface area contributed by atoms with Crippen molar-refractivity contribution in [3.05, 3.63) is 82.9 Å². The van der Waals surface area contributed by atoms with Gasteiger partial charge in [0.1, 0.15) is 12.0 Å². The van der Waals surface area contributed by atoms with Gasteiger partial charge in [-0.3, -0.25) is 5.32 Å². The Morgan fingerprint density at radius 3 is 2.73 bits per heavy atom. The molecule has 1 fully saturated rings. The first-order chi connectivity index (χ1) is 10.7. The molecule has 0 radical (unpaired) electrons. The molecule has 0 saturated carbocycles. The molecule has 1 aliphatic heterocycles. The summed E-state index contributed by atoms with van der Waals surface area (Å²) in [5.41, 5.74) is 4.85. The Labute approximate surface area is 131 Å². The summed E-state index contributed by atoms with van der Waals surface area (Å²) >= 11 is 0. The van der Waals surface area contributed by atoms with Crippen molar-refractivity contribution in [2.75, 3.05) is 0 Å². The lowest BCUT2D eigenvalue weighted by Gasteiger charge is -2.23. The van der Waals surface area contributed by atoms with Crippen LogP contribution in [0.15, 0.2) is 71.5 Å². The highest BCUT2D eigenvalue weighted by atomic mass is 19.1. The first-order valence-electron chi connectivity index (χ1n) is 7.68. The molecule has 2 bridgehead atoms. The van der Waals surface area contributed by atoms with Gasteiger partial charge in [0.2, 0.25) is 0 Å². The number of fused-ring (bicyclic) bond motifs is 2. The van der Waals surface area contributed by atoms with E-state index in [1.807, 2.05) is 19.1 Å². The maximum absolute atomic E-state index is 13.1. The fraction of sp³-hybridized carbons (Fsp3) is 0.263. The van der Waals surface area contributed by atoms with Crippen LogP contribution in [0, 0.1) is 5.82 Å². The summed E-state index contributed by atoms with van der Waals surface area (Å²) in [7, 11) is 0. The van der Waals surface area contributed by atoms with Crippen LogP contribution >= 0.6 is 0 Å². The summed E-state index contributed by atoms with van der Waals surface area (Å²) < 4.78 is 13.1. The predicted octanol–water partition coefficient (Wildman–Crippen LogP) is 4.12. The van der Waals surface area contributed by atoms with Gasteiger partial charge in [-0.25, -0.2) is 4.39 Å². The Morgan fingerprint density at radius 2 is 2.00 bits per heavy atom. The standard InChI is InChI=1S/C19H21FN2/c1-3-5-14-6-4-7-17-12-18(14)13(2)21-19(22-17)15-8-10-16(20)11-9-15/h3-11,13,19,21-22H,12H2,1-2H3/b5-3-. The Kier molecular flexibility index (Phi) is 4.25. The zero-order chi connectivity index (χ0) is 15.5. The minimum atomic E-state index is -0.207. The van der Waals surface area contributed by atoms with Gasteiger partial charge in [-0.2, -0.15) is 0 Å². The lowest BCUT2D eigenvalue weighted by Crippen LogP contribution is -2.36. The molecule has 2 aliphatic rings. The van der Waals surface area contributed by atoms with Gasteiger partial charge in [0, 0.05) is 18.2 Å². The van der Waals surface area contributed by atoms with Gasteiger partial charge >= 0.3 is 0 Å². The first-order valence-corrected chi connectivity index (χ1v) is 7.68. The van der Waals surface area contributed by atoms with E-state index in [1.165, 1.54) is 29.0 Å². The Morgan fingerprint density at radius 1 is 1.23 bits per heavy atom. The summed E-state index contributed by atoms with van der Waals surface area (Å²) in [5, 5.41) is 7.14. The SMILES string of the molecule is C/C=C\C1=C2CC(=CC=C1)NC(c1ccc(F)cc1)NC2C. The third kappa shape index (κ3) is 3.04. The van der Waals surface area contributed by atoms with Crippen molar-refractivity contribution in [2.45, 2.75) is 32.5 Å². The van der Waals surface area contributed by atoms with Crippen LogP contribution in [0.2, 0.25) is 0 Å². The highest BCUT2D eigenvalue weighted by molar-refractivity contribution is 5.44. The van der Waals surface area contributed by atoms with E-state index in [9.17, 15) is 4.39 Å². The van der Waals surface area contributed by atoms with E-state index in [1.54, 1.807) is 0 Å². The van der Waals surface area contributed by atoms with Crippen molar-refractivity contribution >= 4 is 0 Å². The Hall–Kier alpha value is -2.13. The lowest BCUT2D eigenvalue weighted by molar-refractivity contribution is 0.463. The normalized spacial score (nSPS) is 24.8. The van der Waals surface area contributed by atoms with Gasteiger partial charge in [0.05, 0.1) is 0 Å². The molecule has 2 nitrogen and oxygen atoms in total. The zero-order valence-corrected chi connectivity index (χ0v) is 12.9. The number of benzene rings is 1. The minimum Gasteiger partial charge on any atom is -0.369 e. The van der Waals surface area contributed by atoms with Crippen molar-refractivity contribution < 1.29 is 4.39 Å². The molecular formula is C19H21FN2. The predicted molar refractivity (Wildman–Crippen MR) is 88.6 cm³/mol. The second-order valence-corrected chi connectivity index (χ2v) is 5.73. The molecule has 0 spiro atoms. The van der Waals surface area contributed by atoms with E-state index in [-0.39, 0.29) is 18.0 Å². The average molecular weight is 296 g/mol. The van der Waals surface area contributed by atoms with Crippen molar-refractivity contribution in [3.63, 3.8) is 0 Å². The van der Waals surface area contributed by atoms with Gasteiger partial charge in [-0.1, -0.05) is 36.4 Å². The highest BCUT2D eigenvalue weighted by Crippen LogP contribution is 2.28. The zero-order valence-electron chi connectivity index (χ0n) is 12.9. The van der Waals surface area contributed by atoms with Crippen LogP contribution in [0.3, 0.4) is 0 Å². The molecule has 0 aromatic heterocycles. The average Bonchev–Trinajstić information content (AvgIpc) is 2.79. The molecule has 22 heavy (non-hydrogen) atoms. The van der Waals surface area contributed by atoms with E-state index < -0.39 is 0 Å². The minimum absolute atomic E-state index is 0.0160. The van der Waals surface area contributed by atoms with Crippen LogP contribution in [0.4, 0.5) is 4.39 Å². The van der Waals surface area contributed by atoms with Gasteiger partial charge in [0.15, 0.2) is 0 Å². The van der Waals surface area contributed by atoms with Crippen LogP contribution in [0.25, 0.3) is 0 Å². The molecule has 114 valence electrons. The highest BCUT2D eigenvalue weighted by Gasteiger charge is 2.24. The molecular weight excluding hydrogens is 275 g/mol. The summed E-state index contributed by atoms with van der Waals surface area (Å²) in [6, 6.07) is 6.90. The van der Waals surface area contributed by atoms with Crippen LogP contribution in [0.5, 0.6) is 0 Å². The summed E-state index contributed by atoms with van der Waals surface area (Å²) in [5.74, 6) is -0.207. The third-order valence-corrected chi connectivity index (χ3v) is 4.14. The van der Waals surface area contributed by atoms with E-state index in [2.05, 4.69) is 47.9 Å². The van der Waals surface area contributed by atoms with Crippen LogP contribution < -0.4 is 10.6 Å². The van der Waals surface area contributed by atoms with Crippen molar-refractivity contribution in [1.82, 2.24) is 10.6 Å². The molecule has 2 N–H and O–H groups in total. The molecule has 1 aromatic carbocycles. The van der Waals surface area contributed by atoms with E-state index in [0.717, 1.165) is 12.0 Å². The molecule has 1 heterocycles.